The molecule has 1 N–H and O–H groups in total. The number of carbonyl (C=O) groups is 3. The van der Waals surface area contributed by atoms with Crippen molar-refractivity contribution >= 4 is 34.6 Å². The Bertz CT molecular complexity index is 1240. The standard InChI is InChI=1S/C28H31N3O5/c1-28(2,3)36-26(33)30-15-16-31(27(34)35-19-20-9-5-4-6-10-20)24(18-30)25(32)29-23-14-13-21-11-7-8-12-22(21)17-23/h4-14,17,24H,15-16,18-19H2,1-3H3,(H,29,32). The monoisotopic (exact) mass is 489 g/mol. The Morgan fingerprint density at radius 1 is 0.889 bits per heavy atom. The second kappa shape index (κ2) is 10.7. The van der Waals surface area contributed by atoms with Crippen LogP contribution in [0.4, 0.5) is 15.3 Å². The lowest BCUT2D eigenvalue weighted by Gasteiger charge is -2.40. The van der Waals surface area contributed by atoms with Gasteiger partial charge in [-0.25, -0.2) is 9.59 Å². The number of carbonyl (C=O) groups excluding carboxylic acids is 3. The van der Waals surface area contributed by atoms with Crippen LogP contribution in [0.15, 0.2) is 72.8 Å². The minimum atomic E-state index is -0.944. The lowest BCUT2D eigenvalue weighted by atomic mass is 10.1. The number of nitrogens with zero attached hydrogens (tertiary/aromatic N) is 2. The molecule has 1 aliphatic rings. The fraction of sp³-hybridized carbons (Fsp3) is 0.321. The molecule has 1 heterocycles. The molecule has 0 radical (unpaired) electrons. The summed E-state index contributed by atoms with van der Waals surface area (Å²) in [6, 6.07) is 21.8. The van der Waals surface area contributed by atoms with Crippen LogP contribution in [0.5, 0.6) is 0 Å². The lowest BCUT2D eigenvalue weighted by molar-refractivity contribution is -0.122. The van der Waals surface area contributed by atoms with E-state index >= 15 is 0 Å². The zero-order chi connectivity index (χ0) is 25.7. The first-order valence-corrected chi connectivity index (χ1v) is 11.9. The van der Waals surface area contributed by atoms with Gasteiger partial charge in [0.05, 0.1) is 6.54 Å². The summed E-state index contributed by atoms with van der Waals surface area (Å²) < 4.78 is 11.0. The lowest BCUT2D eigenvalue weighted by Crippen LogP contribution is -2.61. The molecule has 3 aromatic carbocycles. The van der Waals surface area contributed by atoms with E-state index in [2.05, 4.69) is 5.32 Å². The SMILES string of the molecule is CC(C)(C)OC(=O)N1CCN(C(=O)OCc2ccccc2)C(C(=O)Nc2ccc3ccccc3c2)C1. The summed E-state index contributed by atoms with van der Waals surface area (Å²) in [5.74, 6) is -0.407. The van der Waals surface area contributed by atoms with Gasteiger partial charge >= 0.3 is 12.2 Å². The van der Waals surface area contributed by atoms with Gasteiger partial charge in [-0.05, 0) is 49.2 Å². The summed E-state index contributed by atoms with van der Waals surface area (Å²) in [6.07, 6.45) is -1.13. The molecule has 1 fully saturated rings. The van der Waals surface area contributed by atoms with Crippen LogP contribution < -0.4 is 5.32 Å². The quantitative estimate of drug-likeness (QED) is 0.555. The van der Waals surface area contributed by atoms with Crippen LogP contribution in [0.2, 0.25) is 0 Å². The number of fused-ring (bicyclic) bond motifs is 1. The highest BCUT2D eigenvalue weighted by molar-refractivity contribution is 5.99. The van der Waals surface area contributed by atoms with Crippen molar-refractivity contribution in [3.8, 4) is 0 Å². The van der Waals surface area contributed by atoms with Gasteiger partial charge in [-0.15, -0.1) is 0 Å². The van der Waals surface area contributed by atoms with Gasteiger partial charge in [0.1, 0.15) is 18.2 Å². The molecule has 1 saturated heterocycles. The van der Waals surface area contributed by atoms with Crippen LogP contribution in [-0.2, 0) is 20.9 Å². The predicted octanol–water partition coefficient (Wildman–Crippen LogP) is 5.04. The Morgan fingerprint density at radius 2 is 1.58 bits per heavy atom. The summed E-state index contributed by atoms with van der Waals surface area (Å²) in [5.41, 5.74) is 0.771. The molecule has 1 unspecified atom stereocenters. The third-order valence-corrected chi connectivity index (χ3v) is 5.79. The zero-order valence-corrected chi connectivity index (χ0v) is 20.8. The van der Waals surface area contributed by atoms with Crippen molar-refractivity contribution in [2.75, 3.05) is 25.0 Å². The van der Waals surface area contributed by atoms with E-state index in [9.17, 15) is 14.4 Å². The topological polar surface area (TPSA) is 88.2 Å². The van der Waals surface area contributed by atoms with Gasteiger partial charge in [-0.2, -0.15) is 0 Å². The molecule has 0 bridgehead atoms. The van der Waals surface area contributed by atoms with E-state index < -0.39 is 29.7 Å². The largest absolute Gasteiger partial charge is 0.445 e. The molecule has 8 nitrogen and oxygen atoms in total. The third-order valence-electron chi connectivity index (χ3n) is 5.79. The molecule has 0 aromatic heterocycles. The minimum absolute atomic E-state index is 0.00519. The van der Waals surface area contributed by atoms with Gasteiger partial charge in [0, 0.05) is 18.8 Å². The number of nitrogens with one attached hydrogen (secondary N) is 1. The van der Waals surface area contributed by atoms with E-state index in [4.69, 9.17) is 9.47 Å². The number of amides is 3. The second-order valence-electron chi connectivity index (χ2n) is 9.73. The highest BCUT2D eigenvalue weighted by atomic mass is 16.6. The van der Waals surface area contributed by atoms with Crippen molar-refractivity contribution in [2.45, 2.75) is 39.0 Å². The molecule has 4 rings (SSSR count). The molecule has 0 spiro atoms. The zero-order valence-electron chi connectivity index (χ0n) is 20.8. The number of benzene rings is 3. The summed E-state index contributed by atoms with van der Waals surface area (Å²) >= 11 is 0. The number of ether oxygens (including phenoxy) is 2. The van der Waals surface area contributed by atoms with E-state index in [0.717, 1.165) is 16.3 Å². The fourth-order valence-electron chi connectivity index (χ4n) is 4.01. The van der Waals surface area contributed by atoms with Gasteiger partial charge in [-0.3, -0.25) is 9.69 Å². The van der Waals surface area contributed by atoms with Crippen LogP contribution in [-0.4, -0.2) is 59.2 Å². The summed E-state index contributed by atoms with van der Waals surface area (Å²) in [4.78, 5) is 42.0. The number of hydrogen-bond donors (Lipinski definition) is 1. The van der Waals surface area contributed by atoms with E-state index in [1.165, 1.54) is 9.80 Å². The number of rotatable bonds is 4. The molecule has 0 saturated carbocycles. The van der Waals surface area contributed by atoms with Crippen molar-refractivity contribution < 1.29 is 23.9 Å². The second-order valence-corrected chi connectivity index (χ2v) is 9.73. The van der Waals surface area contributed by atoms with Crippen LogP contribution in [0.1, 0.15) is 26.3 Å². The Kier molecular flexibility index (Phi) is 7.43. The van der Waals surface area contributed by atoms with E-state index in [1.54, 1.807) is 20.8 Å². The van der Waals surface area contributed by atoms with E-state index in [1.807, 2.05) is 72.8 Å². The van der Waals surface area contributed by atoms with Gasteiger partial charge in [0.2, 0.25) is 5.91 Å². The molecular formula is C28H31N3O5. The van der Waals surface area contributed by atoms with E-state index in [-0.39, 0.29) is 26.2 Å². The maximum Gasteiger partial charge on any atom is 0.410 e. The van der Waals surface area contributed by atoms with Gasteiger partial charge in [0.25, 0.3) is 0 Å². The molecule has 36 heavy (non-hydrogen) atoms. The van der Waals surface area contributed by atoms with Crippen molar-refractivity contribution in [1.29, 1.82) is 0 Å². The highest BCUT2D eigenvalue weighted by Crippen LogP contribution is 2.21. The average Bonchev–Trinajstić information content (AvgIpc) is 2.86. The van der Waals surface area contributed by atoms with Crippen LogP contribution in [0.25, 0.3) is 10.8 Å². The first kappa shape index (κ1) is 25.0. The highest BCUT2D eigenvalue weighted by Gasteiger charge is 2.39. The molecule has 188 valence electrons. The first-order chi connectivity index (χ1) is 17.2. The van der Waals surface area contributed by atoms with Crippen molar-refractivity contribution in [3.63, 3.8) is 0 Å². The maximum atomic E-state index is 13.4. The Morgan fingerprint density at radius 3 is 2.31 bits per heavy atom. The van der Waals surface area contributed by atoms with Crippen molar-refractivity contribution in [2.24, 2.45) is 0 Å². The molecule has 3 amide bonds. The Labute approximate surface area is 210 Å². The van der Waals surface area contributed by atoms with Crippen LogP contribution in [0, 0.1) is 0 Å². The Balaban J connectivity index is 1.51. The summed E-state index contributed by atoms with van der Waals surface area (Å²) in [5, 5.41) is 4.93. The van der Waals surface area contributed by atoms with Crippen LogP contribution in [0.3, 0.4) is 0 Å². The van der Waals surface area contributed by atoms with Gasteiger partial charge < -0.3 is 19.7 Å². The third kappa shape index (κ3) is 6.33. The molecule has 3 aromatic rings. The van der Waals surface area contributed by atoms with Gasteiger partial charge in [0.15, 0.2) is 0 Å². The molecule has 0 aliphatic carbocycles. The van der Waals surface area contributed by atoms with Crippen molar-refractivity contribution in [3.05, 3.63) is 78.4 Å². The summed E-state index contributed by atoms with van der Waals surface area (Å²) in [7, 11) is 0. The Hall–Kier alpha value is -4.07. The first-order valence-electron chi connectivity index (χ1n) is 11.9. The molecule has 1 atom stereocenters. The van der Waals surface area contributed by atoms with Crippen molar-refractivity contribution in [1.82, 2.24) is 9.80 Å². The van der Waals surface area contributed by atoms with Gasteiger partial charge in [-0.1, -0.05) is 60.7 Å². The smallest absolute Gasteiger partial charge is 0.410 e. The number of hydrogen-bond acceptors (Lipinski definition) is 5. The number of piperazine rings is 1. The van der Waals surface area contributed by atoms with Crippen LogP contribution >= 0.6 is 0 Å². The molecular weight excluding hydrogens is 458 g/mol. The predicted molar refractivity (Wildman–Crippen MR) is 138 cm³/mol. The maximum absolute atomic E-state index is 13.4. The average molecular weight is 490 g/mol. The van der Waals surface area contributed by atoms with E-state index in [0.29, 0.717) is 5.69 Å². The fourth-order valence-corrected chi connectivity index (χ4v) is 4.01. The minimum Gasteiger partial charge on any atom is -0.445 e. The summed E-state index contributed by atoms with van der Waals surface area (Å²) in [6.45, 7) is 5.81. The molecule has 1 aliphatic heterocycles. The number of anilines is 1. The molecule has 8 heteroatoms. The normalized spacial score (nSPS) is 15.9.